The third-order valence-electron chi connectivity index (χ3n) is 3.91. The zero-order valence-electron chi connectivity index (χ0n) is 11.6. The molecule has 1 aliphatic carbocycles. The van der Waals surface area contributed by atoms with E-state index in [2.05, 4.69) is 17.2 Å². The van der Waals surface area contributed by atoms with Gasteiger partial charge in [0.25, 0.3) is 5.91 Å². The van der Waals surface area contributed by atoms with Crippen LogP contribution in [-0.2, 0) is 0 Å². The van der Waals surface area contributed by atoms with Crippen molar-refractivity contribution in [2.75, 3.05) is 29.1 Å². The summed E-state index contributed by atoms with van der Waals surface area (Å²) in [6.45, 7) is 2.89. The number of anilines is 2. The molecule has 110 valence electrons. The van der Waals surface area contributed by atoms with E-state index in [-0.39, 0.29) is 11.9 Å². The Hall–Kier alpha value is -0.950. The number of hydrogen-bond acceptors (Lipinski definition) is 6. The molecule has 3 N–H and O–H groups in total. The molecule has 1 amide bonds. The number of nitrogens with two attached hydrogens (primary N) is 1. The fourth-order valence-corrected chi connectivity index (χ4v) is 4.36. The quantitative estimate of drug-likeness (QED) is 0.896. The van der Waals surface area contributed by atoms with Crippen molar-refractivity contribution in [1.82, 2.24) is 9.88 Å². The van der Waals surface area contributed by atoms with Crippen molar-refractivity contribution >= 4 is 40.0 Å². The summed E-state index contributed by atoms with van der Waals surface area (Å²) in [4.78, 5) is 19.4. The summed E-state index contributed by atoms with van der Waals surface area (Å²) in [5.74, 6) is 2.40. The van der Waals surface area contributed by atoms with E-state index in [1.807, 2.05) is 16.7 Å². The average molecular weight is 312 g/mol. The maximum atomic E-state index is 12.6. The van der Waals surface area contributed by atoms with E-state index in [1.54, 1.807) is 0 Å². The number of thioether (sulfide) groups is 1. The highest BCUT2D eigenvalue weighted by Crippen LogP contribution is 2.31. The van der Waals surface area contributed by atoms with Crippen molar-refractivity contribution in [3.63, 3.8) is 0 Å². The molecular weight excluding hydrogens is 292 g/mol. The lowest BCUT2D eigenvalue weighted by molar-refractivity contribution is 0.0722. The molecule has 0 aromatic carbocycles. The number of hydrogen-bond donors (Lipinski definition) is 2. The Labute approximate surface area is 127 Å². The van der Waals surface area contributed by atoms with E-state index in [9.17, 15) is 4.79 Å². The van der Waals surface area contributed by atoms with Crippen molar-refractivity contribution < 1.29 is 4.79 Å². The lowest BCUT2D eigenvalue weighted by Crippen LogP contribution is -2.44. The van der Waals surface area contributed by atoms with Crippen LogP contribution in [0.5, 0.6) is 0 Å². The Balaban J connectivity index is 1.73. The van der Waals surface area contributed by atoms with Gasteiger partial charge < -0.3 is 16.0 Å². The number of nitrogens with zero attached hydrogens (tertiary/aromatic N) is 2. The van der Waals surface area contributed by atoms with Crippen molar-refractivity contribution in [1.29, 1.82) is 0 Å². The molecule has 1 saturated carbocycles. The van der Waals surface area contributed by atoms with Gasteiger partial charge in [0.05, 0.1) is 0 Å². The summed E-state index contributed by atoms with van der Waals surface area (Å²) in [5, 5.41) is 4.15. The van der Waals surface area contributed by atoms with Crippen molar-refractivity contribution in [2.45, 2.75) is 38.3 Å². The van der Waals surface area contributed by atoms with E-state index < -0.39 is 0 Å². The van der Waals surface area contributed by atoms with Crippen LogP contribution >= 0.6 is 23.1 Å². The number of thiazole rings is 1. The predicted octanol–water partition coefficient (Wildman–Crippen LogP) is 2.27. The summed E-state index contributed by atoms with van der Waals surface area (Å²) in [5.41, 5.74) is 5.94. The molecule has 0 bridgehead atoms. The summed E-state index contributed by atoms with van der Waals surface area (Å²) >= 11 is 3.29. The van der Waals surface area contributed by atoms with Gasteiger partial charge in [0.2, 0.25) is 0 Å². The number of aromatic nitrogens is 1. The fraction of sp³-hybridized carbons (Fsp3) is 0.692. The lowest BCUT2D eigenvalue weighted by atomic mass is 9.93. The number of carbonyl (C=O) groups excluding carboxylic acids is 1. The molecule has 3 rings (SSSR count). The lowest BCUT2D eigenvalue weighted by Gasteiger charge is -2.32. The Morgan fingerprint density at radius 1 is 1.50 bits per heavy atom. The van der Waals surface area contributed by atoms with Gasteiger partial charge in [-0.05, 0) is 26.2 Å². The third-order valence-corrected chi connectivity index (χ3v) is 6.09. The second-order valence-electron chi connectivity index (χ2n) is 5.43. The molecule has 1 aromatic rings. The molecular formula is C13H20N4OS2. The Bertz CT molecular complexity index is 501. The predicted molar refractivity (Wildman–Crippen MR) is 85.6 cm³/mol. The van der Waals surface area contributed by atoms with Gasteiger partial charge in [0.1, 0.15) is 10.7 Å². The molecule has 1 aromatic heterocycles. The highest BCUT2D eigenvalue weighted by molar-refractivity contribution is 7.99. The van der Waals surface area contributed by atoms with E-state index >= 15 is 0 Å². The van der Waals surface area contributed by atoms with Crippen molar-refractivity contribution in [3.8, 4) is 0 Å². The number of nitrogens with one attached hydrogen (secondary N) is 1. The highest BCUT2D eigenvalue weighted by Gasteiger charge is 2.28. The van der Waals surface area contributed by atoms with Gasteiger partial charge in [0.15, 0.2) is 5.13 Å². The number of amides is 1. The van der Waals surface area contributed by atoms with Crippen LogP contribution in [0.4, 0.5) is 10.9 Å². The second kappa shape index (κ2) is 5.81. The molecule has 1 saturated heterocycles. The minimum atomic E-state index is 0.0365. The van der Waals surface area contributed by atoms with E-state index in [4.69, 9.17) is 5.73 Å². The molecule has 1 atom stereocenters. The van der Waals surface area contributed by atoms with Crippen LogP contribution in [0.1, 0.15) is 35.9 Å². The third kappa shape index (κ3) is 2.74. The number of rotatable bonds is 3. The Kier molecular flexibility index (Phi) is 4.07. The zero-order valence-corrected chi connectivity index (χ0v) is 13.2. The first kappa shape index (κ1) is 14.0. The van der Waals surface area contributed by atoms with Crippen LogP contribution in [-0.4, -0.2) is 45.9 Å². The maximum Gasteiger partial charge on any atom is 0.268 e. The van der Waals surface area contributed by atoms with Crippen LogP contribution in [0.15, 0.2) is 0 Å². The SMILES string of the molecule is CC1CSCCN1C(=O)c1sc(NC2CCC2)nc1N. The molecule has 7 heteroatoms. The van der Waals surface area contributed by atoms with Gasteiger partial charge in [-0.15, -0.1) is 0 Å². The molecule has 1 unspecified atom stereocenters. The zero-order chi connectivity index (χ0) is 14.1. The van der Waals surface area contributed by atoms with Gasteiger partial charge in [-0.2, -0.15) is 11.8 Å². The minimum absolute atomic E-state index is 0.0365. The largest absolute Gasteiger partial charge is 0.382 e. The van der Waals surface area contributed by atoms with Crippen molar-refractivity contribution in [3.05, 3.63) is 4.88 Å². The molecule has 20 heavy (non-hydrogen) atoms. The first-order valence-corrected chi connectivity index (χ1v) is 9.04. The highest BCUT2D eigenvalue weighted by atomic mass is 32.2. The summed E-state index contributed by atoms with van der Waals surface area (Å²) in [6, 6.07) is 0.777. The van der Waals surface area contributed by atoms with Gasteiger partial charge in [-0.1, -0.05) is 11.3 Å². The van der Waals surface area contributed by atoms with Gasteiger partial charge >= 0.3 is 0 Å². The molecule has 1 aliphatic heterocycles. The summed E-state index contributed by atoms with van der Waals surface area (Å²) < 4.78 is 0. The van der Waals surface area contributed by atoms with Crippen LogP contribution in [0.2, 0.25) is 0 Å². The van der Waals surface area contributed by atoms with Gasteiger partial charge in [-0.25, -0.2) is 4.98 Å². The van der Waals surface area contributed by atoms with E-state index in [0.717, 1.165) is 23.2 Å². The van der Waals surface area contributed by atoms with E-state index in [0.29, 0.717) is 16.7 Å². The Morgan fingerprint density at radius 2 is 2.30 bits per heavy atom. The average Bonchev–Trinajstić information content (AvgIpc) is 2.75. The molecule has 5 nitrogen and oxygen atoms in total. The maximum absolute atomic E-state index is 12.6. The van der Waals surface area contributed by atoms with Crippen molar-refractivity contribution in [2.24, 2.45) is 0 Å². The van der Waals surface area contributed by atoms with Crippen LogP contribution in [0.25, 0.3) is 0 Å². The molecule has 2 heterocycles. The number of carbonyl (C=O) groups is 1. The van der Waals surface area contributed by atoms with Gasteiger partial charge in [-0.3, -0.25) is 4.79 Å². The van der Waals surface area contributed by atoms with Gasteiger partial charge in [0, 0.05) is 30.1 Å². The molecule has 2 fully saturated rings. The minimum Gasteiger partial charge on any atom is -0.382 e. The first-order valence-electron chi connectivity index (χ1n) is 7.06. The summed E-state index contributed by atoms with van der Waals surface area (Å²) in [7, 11) is 0. The Morgan fingerprint density at radius 3 is 2.95 bits per heavy atom. The summed E-state index contributed by atoms with van der Waals surface area (Å²) in [6.07, 6.45) is 3.64. The van der Waals surface area contributed by atoms with E-state index in [1.165, 1.54) is 30.6 Å². The smallest absolute Gasteiger partial charge is 0.268 e. The van der Waals surface area contributed by atoms with Crippen LogP contribution < -0.4 is 11.1 Å². The van der Waals surface area contributed by atoms with Crippen LogP contribution in [0, 0.1) is 0 Å². The molecule has 0 spiro atoms. The normalized spacial score (nSPS) is 23.4. The molecule has 0 radical (unpaired) electrons. The molecule has 2 aliphatic rings. The van der Waals surface area contributed by atoms with Crippen LogP contribution in [0.3, 0.4) is 0 Å². The number of nitrogen functional groups attached to an aromatic ring is 1. The second-order valence-corrected chi connectivity index (χ2v) is 7.58. The fourth-order valence-electron chi connectivity index (χ4n) is 2.43. The standard InChI is InChI=1S/C13H20N4OS2/c1-8-7-19-6-5-17(8)12(18)10-11(14)16-13(20-10)15-9-3-2-4-9/h8-9H,2-7,14H2,1H3,(H,15,16). The topological polar surface area (TPSA) is 71.2 Å². The first-order chi connectivity index (χ1) is 9.65. The monoisotopic (exact) mass is 312 g/mol.